The van der Waals surface area contributed by atoms with E-state index in [-0.39, 0.29) is 18.4 Å². The molecule has 0 saturated heterocycles. The standard InChI is InChI=1S/C13H19N3O2/c1-8-3-5-10(6-4-8)9(2)16-13(18)11(14)7-12(15)17/h3-6,9,11H,7,14H2,1-2H3,(H2,15,17)(H,16,18). The van der Waals surface area contributed by atoms with Gasteiger partial charge in [-0.25, -0.2) is 0 Å². The second-order valence-corrected chi connectivity index (χ2v) is 4.42. The summed E-state index contributed by atoms with van der Waals surface area (Å²) in [7, 11) is 0. The van der Waals surface area contributed by atoms with Crippen molar-refractivity contribution in [2.75, 3.05) is 0 Å². The van der Waals surface area contributed by atoms with Gasteiger partial charge < -0.3 is 16.8 Å². The minimum Gasteiger partial charge on any atom is -0.370 e. The molecule has 0 radical (unpaired) electrons. The van der Waals surface area contributed by atoms with Crippen LogP contribution in [-0.4, -0.2) is 17.9 Å². The van der Waals surface area contributed by atoms with Gasteiger partial charge in [0.1, 0.15) is 0 Å². The van der Waals surface area contributed by atoms with Crippen LogP contribution in [0, 0.1) is 6.92 Å². The van der Waals surface area contributed by atoms with E-state index in [1.807, 2.05) is 38.1 Å². The molecular weight excluding hydrogens is 230 g/mol. The van der Waals surface area contributed by atoms with Crippen LogP contribution >= 0.6 is 0 Å². The molecule has 1 aromatic rings. The Morgan fingerprint density at radius 2 is 1.83 bits per heavy atom. The number of nitrogens with one attached hydrogen (secondary N) is 1. The number of hydrogen-bond donors (Lipinski definition) is 3. The van der Waals surface area contributed by atoms with E-state index >= 15 is 0 Å². The molecule has 2 unspecified atom stereocenters. The van der Waals surface area contributed by atoms with E-state index in [9.17, 15) is 9.59 Å². The minimum absolute atomic E-state index is 0.146. The van der Waals surface area contributed by atoms with Gasteiger partial charge in [0.25, 0.3) is 0 Å². The summed E-state index contributed by atoms with van der Waals surface area (Å²) in [5, 5.41) is 2.75. The van der Waals surface area contributed by atoms with Gasteiger partial charge in [0.05, 0.1) is 18.5 Å². The molecule has 0 spiro atoms. The fourth-order valence-electron chi connectivity index (χ4n) is 1.57. The first-order valence-electron chi connectivity index (χ1n) is 5.81. The SMILES string of the molecule is Cc1ccc(C(C)NC(=O)C(N)CC(N)=O)cc1. The molecule has 1 rings (SSSR count). The predicted molar refractivity (Wildman–Crippen MR) is 69.5 cm³/mol. The summed E-state index contributed by atoms with van der Waals surface area (Å²) in [4.78, 5) is 22.4. The molecule has 0 aliphatic heterocycles. The van der Waals surface area contributed by atoms with Crippen molar-refractivity contribution in [1.29, 1.82) is 0 Å². The Morgan fingerprint density at radius 1 is 1.28 bits per heavy atom. The highest BCUT2D eigenvalue weighted by molar-refractivity contribution is 5.87. The van der Waals surface area contributed by atoms with Crippen LogP contribution < -0.4 is 16.8 Å². The van der Waals surface area contributed by atoms with Crippen LogP contribution in [0.15, 0.2) is 24.3 Å². The Kier molecular flexibility index (Phi) is 4.85. The fraction of sp³-hybridized carbons (Fsp3) is 0.385. The monoisotopic (exact) mass is 249 g/mol. The summed E-state index contributed by atoms with van der Waals surface area (Å²) < 4.78 is 0. The Bertz CT molecular complexity index is 428. The lowest BCUT2D eigenvalue weighted by Crippen LogP contribution is -2.43. The van der Waals surface area contributed by atoms with Gasteiger partial charge in [0.15, 0.2) is 0 Å². The molecule has 0 fully saturated rings. The molecule has 2 atom stereocenters. The maximum Gasteiger partial charge on any atom is 0.237 e. The van der Waals surface area contributed by atoms with Crippen LogP contribution in [0.1, 0.15) is 30.5 Å². The molecule has 0 heterocycles. The zero-order valence-electron chi connectivity index (χ0n) is 10.6. The minimum atomic E-state index is -0.893. The van der Waals surface area contributed by atoms with Crippen molar-refractivity contribution in [1.82, 2.24) is 5.32 Å². The number of hydrogen-bond acceptors (Lipinski definition) is 3. The van der Waals surface area contributed by atoms with Crippen LogP contribution in [-0.2, 0) is 9.59 Å². The van der Waals surface area contributed by atoms with E-state index in [1.165, 1.54) is 0 Å². The Hall–Kier alpha value is -1.88. The highest BCUT2D eigenvalue weighted by atomic mass is 16.2. The molecule has 0 aliphatic carbocycles. The summed E-state index contributed by atoms with van der Waals surface area (Å²) in [5.74, 6) is -0.956. The second-order valence-electron chi connectivity index (χ2n) is 4.42. The van der Waals surface area contributed by atoms with Crippen molar-refractivity contribution in [3.63, 3.8) is 0 Å². The van der Waals surface area contributed by atoms with Crippen LogP contribution in [0.2, 0.25) is 0 Å². The van der Waals surface area contributed by atoms with Gasteiger partial charge in [-0.05, 0) is 19.4 Å². The quantitative estimate of drug-likeness (QED) is 0.703. The first kappa shape index (κ1) is 14.2. The normalized spacial score (nSPS) is 13.7. The smallest absolute Gasteiger partial charge is 0.237 e. The molecule has 2 amide bonds. The molecule has 1 aromatic carbocycles. The molecule has 0 bridgehead atoms. The summed E-state index contributed by atoms with van der Waals surface area (Å²) in [5.41, 5.74) is 12.7. The molecule has 5 heteroatoms. The molecule has 5 nitrogen and oxygen atoms in total. The number of nitrogens with two attached hydrogens (primary N) is 2. The number of primary amides is 1. The van der Waals surface area contributed by atoms with Crippen LogP contribution in [0.5, 0.6) is 0 Å². The second kappa shape index (κ2) is 6.16. The van der Waals surface area contributed by atoms with Gasteiger partial charge in [-0.3, -0.25) is 9.59 Å². The zero-order valence-corrected chi connectivity index (χ0v) is 10.6. The first-order valence-corrected chi connectivity index (χ1v) is 5.81. The molecular formula is C13H19N3O2. The van der Waals surface area contributed by atoms with Gasteiger partial charge in [0.2, 0.25) is 11.8 Å². The van der Waals surface area contributed by atoms with Gasteiger partial charge in [-0.15, -0.1) is 0 Å². The predicted octanol–water partition coefficient (Wildman–Crippen LogP) is 0.375. The lowest BCUT2D eigenvalue weighted by Gasteiger charge is -2.17. The lowest BCUT2D eigenvalue weighted by atomic mass is 10.1. The van der Waals surface area contributed by atoms with E-state index in [0.29, 0.717) is 0 Å². The van der Waals surface area contributed by atoms with E-state index in [2.05, 4.69) is 5.32 Å². The molecule has 0 saturated carbocycles. The van der Waals surface area contributed by atoms with Gasteiger partial charge in [0, 0.05) is 0 Å². The van der Waals surface area contributed by atoms with Crippen molar-refractivity contribution < 1.29 is 9.59 Å². The molecule has 18 heavy (non-hydrogen) atoms. The summed E-state index contributed by atoms with van der Waals surface area (Å²) in [6, 6.07) is 6.79. The summed E-state index contributed by atoms with van der Waals surface area (Å²) >= 11 is 0. The third kappa shape index (κ3) is 4.18. The van der Waals surface area contributed by atoms with E-state index in [4.69, 9.17) is 11.5 Å². The van der Waals surface area contributed by atoms with Crippen LogP contribution in [0.4, 0.5) is 0 Å². The van der Waals surface area contributed by atoms with E-state index in [1.54, 1.807) is 0 Å². The van der Waals surface area contributed by atoms with E-state index in [0.717, 1.165) is 11.1 Å². The third-order valence-corrected chi connectivity index (χ3v) is 2.69. The van der Waals surface area contributed by atoms with Crippen molar-refractivity contribution in [2.24, 2.45) is 11.5 Å². The van der Waals surface area contributed by atoms with Gasteiger partial charge >= 0.3 is 0 Å². The average Bonchev–Trinajstić information content (AvgIpc) is 2.28. The van der Waals surface area contributed by atoms with Gasteiger partial charge in [-0.2, -0.15) is 0 Å². The maximum atomic E-state index is 11.7. The summed E-state index contributed by atoms with van der Waals surface area (Å²) in [6.07, 6.45) is -0.146. The Balaban J connectivity index is 2.59. The largest absolute Gasteiger partial charge is 0.370 e. The van der Waals surface area contributed by atoms with Gasteiger partial charge in [-0.1, -0.05) is 29.8 Å². The molecule has 0 aromatic heterocycles. The van der Waals surface area contributed by atoms with Crippen LogP contribution in [0.25, 0.3) is 0 Å². The number of carbonyl (C=O) groups is 2. The number of rotatable bonds is 5. The van der Waals surface area contributed by atoms with Crippen molar-refractivity contribution in [3.05, 3.63) is 35.4 Å². The number of carbonyl (C=O) groups excluding carboxylic acids is 2. The number of aryl methyl sites for hydroxylation is 1. The fourth-order valence-corrected chi connectivity index (χ4v) is 1.57. The summed E-state index contributed by atoms with van der Waals surface area (Å²) in [6.45, 7) is 3.86. The molecule has 0 aliphatic rings. The average molecular weight is 249 g/mol. The van der Waals surface area contributed by atoms with Crippen LogP contribution in [0.3, 0.4) is 0 Å². The highest BCUT2D eigenvalue weighted by Gasteiger charge is 2.18. The lowest BCUT2D eigenvalue weighted by molar-refractivity contribution is -0.126. The Morgan fingerprint density at radius 3 is 2.33 bits per heavy atom. The number of benzene rings is 1. The Labute approximate surface area is 107 Å². The number of amides is 2. The first-order chi connectivity index (χ1) is 8.40. The van der Waals surface area contributed by atoms with Crippen molar-refractivity contribution >= 4 is 11.8 Å². The van der Waals surface area contributed by atoms with Crippen molar-refractivity contribution in [3.8, 4) is 0 Å². The molecule has 5 N–H and O–H groups in total. The highest BCUT2D eigenvalue weighted by Crippen LogP contribution is 2.13. The third-order valence-electron chi connectivity index (χ3n) is 2.69. The van der Waals surface area contributed by atoms with E-state index < -0.39 is 11.9 Å². The van der Waals surface area contributed by atoms with Crippen molar-refractivity contribution in [2.45, 2.75) is 32.4 Å². The topological polar surface area (TPSA) is 98.2 Å². The zero-order chi connectivity index (χ0) is 13.7. The maximum absolute atomic E-state index is 11.7. The molecule has 98 valence electrons.